The van der Waals surface area contributed by atoms with Crippen molar-refractivity contribution in [2.45, 2.75) is 45.6 Å². The van der Waals surface area contributed by atoms with Crippen molar-refractivity contribution in [3.8, 4) is 0 Å². The summed E-state index contributed by atoms with van der Waals surface area (Å²) < 4.78 is 0. The summed E-state index contributed by atoms with van der Waals surface area (Å²) in [5.41, 5.74) is 0. The molecular weight excluding hydrogens is 146 g/mol. The van der Waals surface area contributed by atoms with Gasteiger partial charge in [-0.25, -0.2) is 0 Å². The highest BCUT2D eigenvalue weighted by molar-refractivity contribution is 4.87. The second-order valence-corrected chi connectivity index (χ2v) is 5.00. The lowest BCUT2D eigenvalue weighted by molar-refractivity contribution is 0.482. The average Bonchev–Trinajstić information content (AvgIpc) is 2.56. The first-order chi connectivity index (χ1) is 5.75. The normalized spacial score (nSPS) is 46.5. The maximum absolute atomic E-state index is 3.70. The van der Waals surface area contributed by atoms with Crippen LogP contribution in [-0.2, 0) is 0 Å². The summed E-state index contributed by atoms with van der Waals surface area (Å²) in [5.74, 6) is 3.00. The molecule has 2 fully saturated rings. The molecule has 4 unspecified atom stereocenters. The fourth-order valence-corrected chi connectivity index (χ4v) is 2.39. The molecule has 2 saturated carbocycles. The van der Waals surface area contributed by atoms with Crippen molar-refractivity contribution in [2.24, 2.45) is 17.8 Å². The van der Waals surface area contributed by atoms with Gasteiger partial charge >= 0.3 is 0 Å². The van der Waals surface area contributed by atoms with E-state index in [0.717, 1.165) is 23.8 Å². The van der Waals surface area contributed by atoms with Crippen LogP contribution >= 0.6 is 0 Å². The fraction of sp³-hybridized carbons (Fsp3) is 1.00. The van der Waals surface area contributed by atoms with Crippen LogP contribution in [0.3, 0.4) is 0 Å². The molecule has 2 rings (SSSR count). The van der Waals surface area contributed by atoms with Gasteiger partial charge in [-0.1, -0.05) is 13.8 Å². The third-order valence-corrected chi connectivity index (χ3v) is 3.64. The lowest BCUT2D eigenvalue weighted by atomic mass is 10.1. The Morgan fingerprint density at radius 2 is 1.92 bits per heavy atom. The molecular formula is C11H21N. The van der Waals surface area contributed by atoms with Crippen LogP contribution in [-0.4, -0.2) is 12.6 Å². The first-order valence-corrected chi connectivity index (χ1v) is 5.49. The Balaban J connectivity index is 1.61. The smallest absolute Gasteiger partial charge is 0.00698 e. The molecule has 0 aromatic rings. The molecule has 0 saturated heterocycles. The molecule has 0 bridgehead atoms. The van der Waals surface area contributed by atoms with Gasteiger partial charge in [-0.15, -0.1) is 0 Å². The molecule has 2 aliphatic rings. The zero-order valence-corrected chi connectivity index (χ0v) is 8.34. The van der Waals surface area contributed by atoms with Crippen molar-refractivity contribution in [1.29, 1.82) is 0 Å². The molecule has 0 amide bonds. The first kappa shape index (κ1) is 8.55. The lowest BCUT2D eigenvalue weighted by Gasteiger charge is -2.11. The van der Waals surface area contributed by atoms with Gasteiger partial charge in [-0.05, 0) is 50.0 Å². The summed E-state index contributed by atoms with van der Waals surface area (Å²) in [6.45, 7) is 6.03. The Bertz CT molecular complexity index is 155. The van der Waals surface area contributed by atoms with Crippen molar-refractivity contribution in [2.75, 3.05) is 6.54 Å². The maximum atomic E-state index is 3.70. The largest absolute Gasteiger partial charge is 0.314 e. The van der Waals surface area contributed by atoms with Gasteiger partial charge in [0.2, 0.25) is 0 Å². The minimum absolute atomic E-state index is 0.854. The summed E-state index contributed by atoms with van der Waals surface area (Å²) in [5, 5.41) is 3.70. The number of nitrogens with one attached hydrogen (secondary N) is 1. The Kier molecular flexibility index (Phi) is 2.40. The minimum Gasteiger partial charge on any atom is -0.314 e. The van der Waals surface area contributed by atoms with Crippen LogP contribution in [0.5, 0.6) is 0 Å². The third kappa shape index (κ3) is 2.01. The Hall–Kier alpha value is -0.0400. The second-order valence-electron chi connectivity index (χ2n) is 5.00. The summed E-state index contributed by atoms with van der Waals surface area (Å²) in [7, 11) is 0. The molecule has 70 valence electrons. The van der Waals surface area contributed by atoms with Crippen LogP contribution in [0.25, 0.3) is 0 Å². The van der Waals surface area contributed by atoms with Gasteiger partial charge in [0.1, 0.15) is 0 Å². The van der Waals surface area contributed by atoms with Crippen molar-refractivity contribution in [1.82, 2.24) is 5.32 Å². The molecule has 2 aliphatic carbocycles. The number of rotatable bonds is 3. The zero-order valence-electron chi connectivity index (χ0n) is 8.34. The summed E-state index contributed by atoms with van der Waals surface area (Å²) in [6, 6.07) is 0.854. The predicted octanol–water partition coefficient (Wildman–Crippen LogP) is 2.42. The molecule has 0 aromatic carbocycles. The first-order valence-electron chi connectivity index (χ1n) is 5.49. The summed E-state index contributed by atoms with van der Waals surface area (Å²) in [6.07, 6.45) is 5.75. The molecule has 1 N–H and O–H groups in total. The summed E-state index contributed by atoms with van der Waals surface area (Å²) in [4.78, 5) is 0. The minimum atomic E-state index is 0.854. The van der Waals surface area contributed by atoms with E-state index in [4.69, 9.17) is 0 Å². The maximum Gasteiger partial charge on any atom is 0.00698 e. The van der Waals surface area contributed by atoms with Crippen LogP contribution < -0.4 is 5.32 Å². The highest BCUT2D eigenvalue weighted by Gasteiger charge is 2.33. The average molecular weight is 167 g/mol. The Morgan fingerprint density at radius 3 is 2.42 bits per heavy atom. The van der Waals surface area contributed by atoms with Gasteiger partial charge in [-0.2, -0.15) is 0 Å². The van der Waals surface area contributed by atoms with Crippen molar-refractivity contribution in [3.63, 3.8) is 0 Å². The van der Waals surface area contributed by atoms with E-state index in [-0.39, 0.29) is 0 Å². The van der Waals surface area contributed by atoms with Gasteiger partial charge in [0.05, 0.1) is 0 Å². The van der Waals surface area contributed by atoms with E-state index in [1.54, 1.807) is 0 Å². The topological polar surface area (TPSA) is 12.0 Å². The second kappa shape index (κ2) is 3.37. The molecule has 0 radical (unpaired) electrons. The quantitative estimate of drug-likeness (QED) is 0.680. The van der Waals surface area contributed by atoms with Crippen LogP contribution in [0.15, 0.2) is 0 Å². The van der Waals surface area contributed by atoms with E-state index in [9.17, 15) is 0 Å². The predicted molar refractivity (Wildman–Crippen MR) is 52.1 cm³/mol. The van der Waals surface area contributed by atoms with Crippen LogP contribution in [0.1, 0.15) is 39.5 Å². The fourth-order valence-electron chi connectivity index (χ4n) is 2.39. The highest BCUT2D eigenvalue weighted by Crippen LogP contribution is 2.37. The van der Waals surface area contributed by atoms with Gasteiger partial charge in [0.25, 0.3) is 0 Å². The molecule has 0 aromatic heterocycles. The monoisotopic (exact) mass is 167 g/mol. The molecule has 4 atom stereocenters. The van der Waals surface area contributed by atoms with Crippen LogP contribution in [0, 0.1) is 17.8 Å². The van der Waals surface area contributed by atoms with Crippen LogP contribution in [0.4, 0.5) is 0 Å². The highest BCUT2D eigenvalue weighted by atomic mass is 14.9. The van der Waals surface area contributed by atoms with Gasteiger partial charge < -0.3 is 5.32 Å². The number of hydrogen-bond acceptors (Lipinski definition) is 1. The standard InChI is InChI=1S/C11H21N/c1-8-3-4-11(5-8)12-7-10-6-9(10)2/h8-12H,3-7H2,1-2H3. The van der Waals surface area contributed by atoms with E-state index >= 15 is 0 Å². The summed E-state index contributed by atoms with van der Waals surface area (Å²) >= 11 is 0. The van der Waals surface area contributed by atoms with E-state index in [1.807, 2.05) is 0 Å². The molecule has 1 nitrogen and oxygen atoms in total. The van der Waals surface area contributed by atoms with Crippen LogP contribution in [0.2, 0.25) is 0 Å². The van der Waals surface area contributed by atoms with Crippen molar-refractivity contribution in [3.05, 3.63) is 0 Å². The zero-order chi connectivity index (χ0) is 8.55. The van der Waals surface area contributed by atoms with E-state index in [0.29, 0.717) is 0 Å². The SMILES string of the molecule is CC1CCC(NCC2CC2C)C1. The molecule has 0 aliphatic heterocycles. The molecule has 1 heteroatoms. The van der Waals surface area contributed by atoms with Gasteiger partial charge in [0, 0.05) is 6.04 Å². The van der Waals surface area contributed by atoms with Crippen molar-refractivity contribution < 1.29 is 0 Å². The molecule has 0 heterocycles. The number of hydrogen-bond donors (Lipinski definition) is 1. The van der Waals surface area contributed by atoms with Gasteiger partial charge in [-0.3, -0.25) is 0 Å². The molecule has 12 heavy (non-hydrogen) atoms. The van der Waals surface area contributed by atoms with Gasteiger partial charge in [0.15, 0.2) is 0 Å². The Morgan fingerprint density at radius 1 is 1.17 bits per heavy atom. The van der Waals surface area contributed by atoms with Crippen molar-refractivity contribution >= 4 is 0 Å². The lowest BCUT2D eigenvalue weighted by Crippen LogP contribution is -2.28. The third-order valence-electron chi connectivity index (χ3n) is 3.64. The van der Waals surface area contributed by atoms with E-state index < -0.39 is 0 Å². The van der Waals surface area contributed by atoms with E-state index in [2.05, 4.69) is 19.2 Å². The Labute approximate surface area is 75.9 Å². The molecule has 0 spiro atoms. The van der Waals surface area contributed by atoms with E-state index in [1.165, 1.54) is 32.2 Å².